The summed E-state index contributed by atoms with van der Waals surface area (Å²) in [7, 11) is 0. The van der Waals surface area contributed by atoms with Crippen molar-refractivity contribution in [2.24, 2.45) is 0 Å². The molecule has 0 atom stereocenters. The molecule has 0 aliphatic carbocycles. The number of benzene rings is 2. The predicted octanol–water partition coefficient (Wildman–Crippen LogP) is 5.43. The summed E-state index contributed by atoms with van der Waals surface area (Å²) < 4.78 is 2.17. The Balaban J connectivity index is 1.59. The van der Waals surface area contributed by atoms with Gasteiger partial charge in [-0.25, -0.2) is 4.98 Å². The van der Waals surface area contributed by atoms with E-state index in [4.69, 9.17) is 4.98 Å². The normalized spacial score (nSPS) is 14.1. The van der Waals surface area contributed by atoms with Gasteiger partial charge in [-0.15, -0.1) is 11.3 Å². The van der Waals surface area contributed by atoms with Crippen LogP contribution in [0.25, 0.3) is 16.0 Å². The molecule has 0 fully saturated rings. The van der Waals surface area contributed by atoms with Gasteiger partial charge in [0.15, 0.2) is 5.16 Å². The Morgan fingerprint density at radius 3 is 2.61 bits per heavy atom. The van der Waals surface area contributed by atoms with Crippen molar-refractivity contribution in [3.63, 3.8) is 0 Å². The van der Waals surface area contributed by atoms with Crippen molar-refractivity contribution in [2.45, 2.75) is 38.5 Å². The molecule has 4 nitrogen and oxygen atoms in total. The van der Waals surface area contributed by atoms with Crippen molar-refractivity contribution >= 4 is 33.4 Å². The van der Waals surface area contributed by atoms with Crippen LogP contribution >= 0.6 is 23.1 Å². The Kier molecular flexibility index (Phi) is 5.69. The number of aromatic nitrogens is 2. The van der Waals surface area contributed by atoms with Crippen molar-refractivity contribution < 1.29 is 0 Å². The zero-order valence-electron chi connectivity index (χ0n) is 17.8. The molecule has 1 aliphatic heterocycles. The van der Waals surface area contributed by atoms with E-state index in [1.165, 1.54) is 16.0 Å². The van der Waals surface area contributed by atoms with Crippen LogP contribution in [-0.2, 0) is 19.5 Å². The van der Waals surface area contributed by atoms with E-state index >= 15 is 0 Å². The summed E-state index contributed by atoms with van der Waals surface area (Å²) in [6.07, 6.45) is 0.793. The minimum Gasteiger partial charge on any atom is -0.294 e. The first-order chi connectivity index (χ1) is 15.1. The fourth-order valence-electron chi connectivity index (χ4n) is 4.13. The molecular weight excluding hydrogens is 422 g/mol. The number of fused-ring (bicyclic) bond motifs is 2. The molecule has 0 radical (unpaired) electrons. The predicted molar refractivity (Wildman–Crippen MR) is 131 cm³/mol. The third-order valence-corrected chi connectivity index (χ3v) is 7.72. The second-order valence-electron chi connectivity index (χ2n) is 7.93. The highest BCUT2D eigenvalue weighted by Crippen LogP contribution is 2.33. The molecule has 0 spiro atoms. The van der Waals surface area contributed by atoms with E-state index in [1.54, 1.807) is 23.1 Å². The number of nitrogens with zero attached hydrogens (tertiary/aromatic N) is 3. The summed E-state index contributed by atoms with van der Waals surface area (Å²) in [6.45, 7) is 6.85. The first-order valence-corrected chi connectivity index (χ1v) is 12.5. The average Bonchev–Trinajstić information content (AvgIpc) is 3.14. The van der Waals surface area contributed by atoms with Crippen LogP contribution in [0.15, 0.2) is 64.5 Å². The zero-order chi connectivity index (χ0) is 21.4. The molecule has 4 aromatic rings. The van der Waals surface area contributed by atoms with E-state index in [-0.39, 0.29) is 5.43 Å². The third kappa shape index (κ3) is 3.95. The maximum Gasteiger partial charge on any atom is 0.211 e. The van der Waals surface area contributed by atoms with Gasteiger partial charge in [-0.05, 0) is 36.8 Å². The molecule has 0 N–H and O–H groups in total. The molecule has 0 unspecified atom stereocenters. The van der Waals surface area contributed by atoms with Crippen LogP contribution in [0.5, 0.6) is 0 Å². The maximum absolute atomic E-state index is 13.4. The zero-order valence-corrected chi connectivity index (χ0v) is 19.4. The first kappa shape index (κ1) is 20.5. The lowest BCUT2D eigenvalue weighted by atomic mass is 10.1. The average molecular weight is 448 g/mol. The molecule has 158 valence electrons. The summed E-state index contributed by atoms with van der Waals surface area (Å²) in [5.41, 5.74) is 5.30. The van der Waals surface area contributed by atoms with Crippen molar-refractivity contribution in [2.75, 3.05) is 12.3 Å². The van der Waals surface area contributed by atoms with E-state index in [0.29, 0.717) is 5.52 Å². The molecule has 0 amide bonds. The van der Waals surface area contributed by atoms with E-state index in [2.05, 4.69) is 77.9 Å². The molecular formula is C25H25N3OS2. The molecule has 5 rings (SSSR count). The number of rotatable bonds is 5. The molecule has 2 aromatic heterocycles. The van der Waals surface area contributed by atoms with Gasteiger partial charge >= 0.3 is 0 Å². The van der Waals surface area contributed by atoms with Crippen LogP contribution in [-0.4, -0.2) is 26.7 Å². The van der Waals surface area contributed by atoms with Crippen molar-refractivity contribution in [1.29, 1.82) is 0 Å². The molecule has 0 saturated carbocycles. The second kappa shape index (κ2) is 8.61. The van der Waals surface area contributed by atoms with E-state index < -0.39 is 0 Å². The molecule has 2 aromatic carbocycles. The number of aryl methyl sites for hydroxylation is 1. The van der Waals surface area contributed by atoms with Gasteiger partial charge in [0, 0.05) is 35.8 Å². The molecule has 3 heterocycles. The number of hydrogen-bond donors (Lipinski definition) is 0. The van der Waals surface area contributed by atoms with E-state index in [0.717, 1.165) is 53.0 Å². The lowest BCUT2D eigenvalue weighted by molar-refractivity contribution is 0.248. The highest BCUT2D eigenvalue weighted by Gasteiger charge is 2.25. The fraction of sp³-hybridized carbons (Fsp3) is 0.280. The Labute approximate surface area is 190 Å². The van der Waals surface area contributed by atoms with Crippen molar-refractivity contribution in [3.8, 4) is 5.69 Å². The quantitative estimate of drug-likeness (QED) is 0.383. The van der Waals surface area contributed by atoms with Gasteiger partial charge < -0.3 is 0 Å². The molecule has 0 saturated heterocycles. The smallest absolute Gasteiger partial charge is 0.211 e. The van der Waals surface area contributed by atoms with E-state index in [1.807, 2.05) is 0 Å². The molecule has 31 heavy (non-hydrogen) atoms. The van der Waals surface area contributed by atoms with Gasteiger partial charge in [0.25, 0.3) is 0 Å². The number of imidazole rings is 1. The van der Waals surface area contributed by atoms with Gasteiger partial charge in [-0.3, -0.25) is 14.3 Å². The van der Waals surface area contributed by atoms with Crippen molar-refractivity contribution in [1.82, 2.24) is 14.5 Å². The van der Waals surface area contributed by atoms with Crippen LogP contribution in [0, 0.1) is 6.92 Å². The molecule has 6 heteroatoms. The third-order valence-electron chi connectivity index (χ3n) is 5.71. The molecule has 1 aliphatic rings. The Morgan fingerprint density at radius 2 is 1.87 bits per heavy atom. The van der Waals surface area contributed by atoms with Crippen LogP contribution < -0.4 is 5.43 Å². The summed E-state index contributed by atoms with van der Waals surface area (Å²) in [5.74, 6) is 0.915. The van der Waals surface area contributed by atoms with Gasteiger partial charge in [0.2, 0.25) is 5.43 Å². The fourth-order valence-corrected chi connectivity index (χ4v) is 6.25. The van der Waals surface area contributed by atoms with Crippen LogP contribution in [0.1, 0.15) is 28.5 Å². The molecule has 0 bridgehead atoms. The number of thioether (sulfide) groups is 1. The monoisotopic (exact) mass is 447 g/mol. The first-order valence-electron chi connectivity index (χ1n) is 10.7. The van der Waals surface area contributed by atoms with Crippen LogP contribution in [0.2, 0.25) is 0 Å². The van der Waals surface area contributed by atoms with Gasteiger partial charge in [-0.1, -0.05) is 66.7 Å². The summed E-state index contributed by atoms with van der Waals surface area (Å²) >= 11 is 3.43. The van der Waals surface area contributed by atoms with E-state index in [9.17, 15) is 4.79 Å². The highest BCUT2D eigenvalue weighted by molar-refractivity contribution is 7.99. The number of hydrogen-bond acceptors (Lipinski definition) is 5. The van der Waals surface area contributed by atoms with Crippen molar-refractivity contribution in [3.05, 3.63) is 86.4 Å². The van der Waals surface area contributed by atoms with Crippen LogP contribution in [0.3, 0.4) is 0 Å². The second-order valence-corrected chi connectivity index (χ2v) is 10.2. The Morgan fingerprint density at radius 1 is 1.10 bits per heavy atom. The summed E-state index contributed by atoms with van der Waals surface area (Å²) in [5, 5.41) is 0.901. The summed E-state index contributed by atoms with van der Waals surface area (Å²) in [6, 6.07) is 19.0. The lowest BCUT2D eigenvalue weighted by Crippen LogP contribution is -2.32. The Bertz CT molecular complexity index is 1280. The highest BCUT2D eigenvalue weighted by atomic mass is 32.2. The minimum atomic E-state index is 0.118. The topological polar surface area (TPSA) is 38.1 Å². The summed E-state index contributed by atoms with van der Waals surface area (Å²) in [4.78, 5) is 22.8. The maximum atomic E-state index is 13.4. The minimum absolute atomic E-state index is 0.118. The van der Waals surface area contributed by atoms with Gasteiger partial charge in [0.1, 0.15) is 10.3 Å². The standard InChI is InChI=1S/C25H25N3OS2/c1-3-30-25-26-22-23(29)20-13-14-27(15-18-7-5-4-6-8-18)16-21(20)31-24(22)28(25)19-11-9-17(2)10-12-19/h4-12H,3,13-16H2,1-2H3. The van der Waals surface area contributed by atoms with Gasteiger partial charge in [0.05, 0.1) is 0 Å². The van der Waals surface area contributed by atoms with Gasteiger partial charge in [-0.2, -0.15) is 0 Å². The lowest BCUT2D eigenvalue weighted by Gasteiger charge is -2.27. The largest absolute Gasteiger partial charge is 0.294 e. The SMILES string of the molecule is CCSc1nc2c(=O)c3c(sc2n1-c1ccc(C)cc1)CN(Cc1ccccc1)CC3. The Hall–Kier alpha value is -2.41. The van der Waals surface area contributed by atoms with Crippen LogP contribution in [0.4, 0.5) is 0 Å².